The highest BCUT2D eigenvalue weighted by Gasteiger charge is 2.26. The van der Waals surface area contributed by atoms with Crippen molar-refractivity contribution in [2.45, 2.75) is 18.9 Å². The van der Waals surface area contributed by atoms with Crippen LogP contribution in [0.2, 0.25) is 0 Å². The monoisotopic (exact) mass is 337 g/mol. The quantitative estimate of drug-likeness (QED) is 0.937. The molecule has 1 saturated heterocycles. The van der Waals surface area contributed by atoms with E-state index in [9.17, 15) is 13.6 Å². The maximum atomic E-state index is 13.8. The van der Waals surface area contributed by atoms with Gasteiger partial charge in [0.15, 0.2) is 0 Å². The van der Waals surface area contributed by atoms with E-state index in [1.807, 2.05) is 7.05 Å². The van der Waals surface area contributed by atoms with Crippen molar-refractivity contribution in [3.05, 3.63) is 40.9 Å². The van der Waals surface area contributed by atoms with E-state index < -0.39 is 11.6 Å². The molecule has 1 aromatic heterocycles. The molecule has 23 heavy (non-hydrogen) atoms. The molecule has 1 aliphatic rings. The molecule has 0 aliphatic carbocycles. The molecule has 1 amide bonds. The lowest BCUT2D eigenvalue weighted by molar-refractivity contribution is 0.0693. The number of benzene rings is 1. The number of aromatic nitrogens is 1. The van der Waals surface area contributed by atoms with Crippen LogP contribution in [0.1, 0.15) is 23.3 Å². The first kappa shape index (κ1) is 16.0. The summed E-state index contributed by atoms with van der Waals surface area (Å²) < 4.78 is 27.6. The minimum atomic E-state index is -0.674. The van der Waals surface area contributed by atoms with Crippen molar-refractivity contribution in [1.29, 1.82) is 0 Å². The molecule has 0 radical (unpaired) electrons. The third-order valence-electron chi connectivity index (χ3n) is 4.02. The van der Waals surface area contributed by atoms with Gasteiger partial charge in [0.1, 0.15) is 22.3 Å². The molecule has 122 valence electrons. The van der Waals surface area contributed by atoms with Crippen molar-refractivity contribution in [3.63, 3.8) is 0 Å². The number of likely N-dealkylation sites (N-methyl/N-ethyl adjacent to an activating group) is 1. The summed E-state index contributed by atoms with van der Waals surface area (Å²) in [4.78, 5) is 18.4. The molecule has 2 aromatic rings. The highest BCUT2D eigenvalue weighted by Crippen LogP contribution is 2.29. The summed E-state index contributed by atoms with van der Waals surface area (Å²) in [5.74, 6) is -1.54. The fourth-order valence-electron chi connectivity index (χ4n) is 2.75. The number of hydrogen-bond acceptors (Lipinski definition) is 4. The van der Waals surface area contributed by atoms with Gasteiger partial charge < -0.3 is 10.2 Å². The first-order valence-electron chi connectivity index (χ1n) is 7.46. The number of carbonyl (C=O) groups is 1. The zero-order chi connectivity index (χ0) is 16.4. The number of thiazole rings is 1. The summed E-state index contributed by atoms with van der Waals surface area (Å²) >= 11 is 1.08. The van der Waals surface area contributed by atoms with Crippen LogP contribution < -0.4 is 5.32 Å². The number of likely N-dealkylation sites (tertiary alicyclic amines) is 1. The van der Waals surface area contributed by atoms with Gasteiger partial charge in [-0.2, -0.15) is 0 Å². The SMILES string of the molecule is CNC1CCCN(C(=O)c2csc(-c3c(F)cccc3F)n2)C1. The van der Waals surface area contributed by atoms with Gasteiger partial charge in [-0.1, -0.05) is 6.07 Å². The molecule has 1 aromatic carbocycles. The molecule has 1 N–H and O–H groups in total. The smallest absolute Gasteiger partial charge is 0.273 e. The van der Waals surface area contributed by atoms with E-state index in [1.54, 1.807) is 10.3 Å². The molecule has 0 bridgehead atoms. The maximum Gasteiger partial charge on any atom is 0.273 e. The highest BCUT2D eigenvalue weighted by molar-refractivity contribution is 7.13. The third kappa shape index (κ3) is 3.25. The Labute approximate surface area is 137 Å². The van der Waals surface area contributed by atoms with Gasteiger partial charge in [-0.25, -0.2) is 13.8 Å². The number of hydrogen-bond donors (Lipinski definition) is 1. The number of carbonyl (C=O) groups excluding carboxylic acids is 1. The summed E-state index contributed by atoms with van der Waals surface area (Å²) in [6, 6.07) is 3.95. The lowest BCUT2D eigenvalue weighted by atomic mass is 10.1. The van der Waals surface area contributed by atoms with Crippen LogP contribution in [0.4, 0.5) is 8.78 Å². The first-order valence-corrected chi connectivity index (χ1v) is 8.34. The summed E-state index contributed by atoms with van der Waals surface area (Å²) in [5.41, 5.74) is 0.0627. The van der Waals surface area contributed by atoms with Gasteiger partial charge in [-0.3, -0.25) is 4.79 Å². The van der Waals surface area contributed by atoms with Gasteiger partial charge in [0.2, 0.25) is 0 Å². The Morgan fingerprint density at radius 2 is 2.13 bits per heavy atom. The Morgan fingerprint density at radius 1 is 1.39 bits per heavy atom. The van der Waals surface area contributed by atoms with E-state index >= 15 is 0 Å². The molecule has 3 rings (SSSR count). The van der Waals surface area contributed by atoms with Crippen LogP contribution in [0.15, 0.2) is 23.6 Å². The summed E-state index contributed by atoms with van der Waals surface area (Å²) in [6.45, 7) is 1.30. The predicted octanol–water partition coefficient (Wildman–Crippen LogP) is 2.91. The molecule has 7 heteroatoms. The van der Waals surface area contributed by atoms with Crippen LogP contribution in [0.25, 0.3) is 10.6 Å². The Balaban J connectivity index is 1.83. The molecule has 4 nitrogen and oxygen atoms in total. The fourth-order valence-corrected chi connectivity index (χ4v) is 3.59. The normalized spacial score (nSPS) is 18.2. The van der Waals surface area contributed by atoms with E-state index in [2.05, 4.69) is 10.3 Å². The van der Waals surface area contributed by atoms with E-state index in [4.69, 9.17) is 0 Å². The topological polar surface area (TPSA) is 45.2 Å². The van der Waals surface area contributed by atoms with E-state index in [1.165, 1.54) is 18.2 Å². The zero-order valence-corrected chi connectivity index (χ0v) is 13.5. The first-order chi connectivity index (χ1) is 11.1. The summed E-state index contributed by atoms with van der Waals surface area (Å²) in [5, 5.41) is 4.92. The standard InChI is InChI=1S/C16H17F2N3OS/c1-19-10-4-3-7-21(8-10)16(22)13-9-23-15(20-13)14-11(17)5-2-6-12(14)18/h2,5-6,9-10,19H,3-4,7-8H2,1H3. The predicted molar refractivity (Wildman–Crippen MR) is 85.5 cm³/mol. The Bertz CT molecular complexity index is 699. The largest absolute Gasteiger partial charge is 0.336 e. The van der Waals surface area contributed by atoms with Crippen LogP contribution in [0.3, 0.4) is 0 Å². The van der Waals surface area contributed by atoms with Gasteiger partial charge in [-0.15, -0.1) is 11.3 Å². The Morgan fingerprint density at radius 3 is 2.83 bits per heavy atom. The molecule has 1 atom stereocenters. The summed E-state index contributed by atoms with van der Waals surface area (Å²) in [6.07, 6.45) is 1.96. The highest BCUT2D eigenvalue weighted by atomic mass is 32.1. The second kappa shape index (κ2) is 6.72. The van der Waals surface area contributed by atoms with Gasteiger partial charge in [-0.05, 0) is 32.0 Å². The van der Waals surface area contributed by atoms with Crippen molar-refractivity contribution >= 4 is 17.2 Å². The number of rotatable bonds is 3. The number of halogens is 2. The van der Waals surface area contributed by atoms with E-state index in [-0.39, 0.29) is 28.2 Å². The molecular formula is C16H17F2N3OS. The number of nitrogens with one attached hydrogen (secondary N) is 1. The van der Waals surface area contributed by atoms with Gasteiger partial charge in [0.05, 0.1) is 5.56 Å². The van der Waals surface area contributed by atoms with Crippen LogP contribution in [0, 0.1) is 11.6 Å². The lowest BCUT2D eigenvalue weighted by Gasteiger charge is -2.32. The van der Waals surface area contributed by atoms with Gasteiger partial charge in [0, 0.05) is 24.5 Å². The minimum absolute atomic E-state index is 0.178. The van der Waals surface area contributed by atoms with Crippen LogP contribution in [0.5, 0.6) is 0 Å². The van der Waals surface area contributed by atoms with Crippen molar-refractivity contribution in [3.8, 4) is 10.6 Å². The van der Waals surface area contributed by atoms with Crippen molar-refractivity contribution in [2.75, 3.05) is 20.1 Å². The van der Waals surface area contributed by atoms with Crippen LogP contribution in [-0.2, 0) is 0 Å². The van der Waals surface area contributed by atoms with Gasteiger partial charge in [0.25, 0.3) is 5.91 Å². The maximum absolute atomic E-state index is 13.8. The Kier molecular flexibility index (Phi) is 4.68. The third-order valence-corrected chi connectivity index (χ3v) is 4.88. The number of amides is 1. The second-order valence-electron chi connectivity index (χ2n) is 5.51. The summed E-state index contributed by atoms with van der Waals surface area (Å²) in [7, 11) is 1.88. The molecule has 0 spiro atoms. The number of piperidine rings is 1. The fraction of sp³-hybridized carbons (Fsp3) is 0.375. The van der Waals surface area contributed by atoms with Crippen molar-refractivity contribution in [2.24, 2.45) is 0 Å². The molecule has 0 saturated carbocycles. The lowest BCUT2D eigenvalue weighted by Crippen LogP contribution is -2.47. The molecule has 1 fully saturated rings. The van der Waals surface area contributed by atoms with E-state index in [0.717, 1.165) is 24.2 Å². The average Bonchev–Trinajstić information content (AvgIpc) is 3.03. The zero-order valence-electron chi connectivity index (χ0n) is 12.7. The molecule has 1 aliphatic heterocycles. The van der Waals surface area contributed by atoms with Gasteiger partial charge >= 0.3 is 0 Å². The van der Waals surface area contributed by atoms with E-state index in [0.29, 0.717) is 13.1 Å². The average molecular weight is 337 g/mol. The van der Waals surface area contributed by atoms with Crippen LogP contribution in [-0.4, -0.2) is 42.0 Å². The van der Waals surface area contributed by atoms with Crippen molar-refractivity contribution in [1.82, 2.24) is 15.2 Å². The number of nitrogens with zero attached hydrogens (tertiary/aromatic N) is 2. The minimum Gasteiger partial charge on any atom is -0.336 e. The molecule has 2 heterocycles. The Hall–Kier alpha value is -1.86. The second-order valence-corrected chi connectivity index (χ2v) is 6.37. The molecular weight excluding hydrogens is 320 g/mol. The molecule has 1 unspecified atom stereocenters. The van der Waals surface area contributed by atoms with Crippen molar-refractivity contribution < 1.29 is 13.6 Å². The van der Waals surface area contributed by atoms with Crippen LogP contribution >= 0.6 is 11.3 Å².